The first-order chi connectivity index (χ1) is 10.3. The lowest BCUT2D eigenvalue weighted by molar-refractivity contribution is 0.00703. The van der Waals surface area contributed by atoms with Crippen LogP contribution in [-0.4, -0.2) is 28.1 Å². The molecule has 0 saturated heterocycles. The van der Waals surface area contributed by atoms with E-state index in [0.29, 0.717) is 28.7 Å². The van der Waals surface area contributed by atoms with Crippen molar-refractivity contribution in [1.82, 2.24) is 10.2 Å². The van der Waals surface area contributed by atoms with Crippen LogP contribution in [0.2, 0.25) is 0 Å². The predicted octanol–water partition coefficient (Wildman–Crippen LogP) is 2.49. The predicted molar refractivity (Wildman–Crippen MR) is 82.4 cm³/mol. The second-order valence-electron chi connectivity index (χ2n) is 5.77. The molecule has 0 radical (unpaired) electrons. The maximum Gasteiger partial charge on any atom is 0.339 e. The molecule has 0 aliphatic rings. The van der Waals surface area contributed by atoms with Gasteiger partial charge in [0.15, 0.2) is 0 Å². The molecule has 0 saturated carbocycles. The number of benzene rings is 1. The smallest absolute Gasteiger partial charge is 0.339 e. The maximum atomic E-state index is 12.3. The van der Waals surface area contributed by atoms with Crippen molar-refractivity contribution in [1.29, 1.82) is 0 Å². The lowest BCUT2D eigenvalue weighted by Crippen LogP contribution is -2.24. The molecule has 0 fully saturated rings. The molecule has 2 rings (SSSR count). The van der Waals surface area contributed by atoms with Gasteiger partial charge >= 0.3 is 5.97 Å². The van der Waals surface area contributed by atoms with Gasteiger partial charge in [-0.1, -0.05) is 6.07 Å². The number of nitrogens with zero attached hydrogens (tertiary/aromatic N) is 2. The number of ether oxygens (including phenoxy) is 1. The van der Waals surface area contributed by atoms with Gasteiger partial charge < -0.3 is 10.5 Å². The number of hydrogen-bond donors (Lipinski definition) is 1. The molecule has 22 heavy (non-hydrogen) atoms. The highest BCUT2D eigenvalue weighted by molar-refractivity contribution is 5.98. The Morgan fingerprint density at radius 1 is 1.18 bits per heavy atom. The fourth-order valence-corrected chi connectivity index (χ4v) is 1.84. The zero-order valence-electron chi connectivity index (χ0n) is 12.7. The summed E-state index contributed by atoms with van der Waals surface area (Å²) >= 11 is 0. The molecule has 0 aliphatic heterocycles. The summed E-state index contributed by atoms with van der Waals surface area (Å²) in [5, 5.41) is 7.74. The summed E-state index contributed by atoms with van der Waals surface area (Å²) in [6.07, 6.45) is 0.701. The summed E-state index contributed by atoms with van der Waals surface area (Å²) in [4.78, 5) is 23.3. The van der Waals surface area contributed by atoms with Gasteiger partial charge in [-0.05, 0) is 45.0 Å². The van der Waals surface area contributed by atoms with E-state index in [4.69, 9.17) is 10.5 Å². The number of carbonyl (C=O) groups is 2. The molecule has 0 atom stereocenters. The van der Waals surface area contributed by atoms with Crippen molar-refractivity contribution in [2.24, 2.45) is 0 Å². The third kappa shape index (κ3) is 3.66. The Morgan fingerprint density at radius 3 is 2.45 bits per heavy atom. The topological polar surface area (TPSA) is 95.2 Å². The molecule has 0 amide bonds. The zero-order valence-corrected chi connectivity index (χ0v) is 12.7. The number of nitrogen functional groups attached to an aromatic ring is 1. The van der Waals surface area contributed by atoms with Gasteiger partial charge in [-0.2, -0.15) is 0 Å². The first-order valence-corrected chi connectivity index (χ1v) is 6.72. The third-order valence-electron chi connectivity index (χ3n) is 2.76. The summed E-state index contributed by atoms with van der Waals surface area (Å²) in [7, 11) is 0. The van der Waals surface area contributed by atoms with Crippen LogP contribution in [0.3, 0.4) is 0 Å². The first kappa shape index (κ1) is 15.6. The van der Waals surface area contributed by atoms with Gasteiger partial charge in [-0.25, -0.2) is 4.79 Å². The molecule has 0 spiro atoms. The molecule has 0 bridgehead atoms. The van der Waals surface area contributed by atoms with Gasteiger partial charge in [0, 0.05) is 11.1 Å². The Bertz CT molecular complexity index is 704. The van der Waals surface area contributed by atoms with Gasteiger partial charge in [-0.15, -0.1) is 10.2 Å². The average molecular weight is 299 g/mol. The lowest BCUT2D eigenvalue weighted by atomic mass is 10.0. The van der Waals surface area contributed by atoms with Crippen molar-refractivity contribution in [3.05, 3.63) is 41.5 Å². The van der Waals surface area contributed by atoms with Crippen LogP contribution in [0.1, 0.15) is 41.5 Å². The van der Waals surface area contributed by atoms with Crippen LogP contribution in [-0.2, 0) is 4.74 Å². The standard InChI is InChI=1S/C16H17N3O3/c1-16(2,3)22-15(21)11-5-4-10(9-20)8-12(11)13-6-7-14(17)19-18-13/h4-9H,1-3H3,(H2,17,19). The van der Waals surface area contributed by atoms with Crippen LogP contribution >= 0.6 is 0 Å². The Kier molecular flexibility index (Phi) is 4.21. The SMILES string of the molecule is CC(C)(C)OC(=O)c1ccc(C=O)cc1-c1ccc(N)nn1. The van der Waals surface area contributed by atoms with E-state index < -0.39 is 11.6 Å². The summed E-state index contributed by atoms with van der Waals surface area (Å²) < 4.78 is 5.38. The van der Waals surface area contributed by atoms with Crippen molar-refractivity contribution in [3.8, 4) is 11.3 Å². The normalized spacial score (nSPS) is 11.0. The minimum Gasteiger partial charge on any atom is -0.456 e. The van der Waals surface area contributed by atoms with E-state index in [0.717, 1.165) is 0 Å². The molecular weight excluding hydrogens is 282 g/mol. The van der Waals surface area contributed by atoms with E-state index in [2.05, 4.69) is 10.2 Å². The summed E-state index contributed by atoms with van der Waals surface area (Å²) in [5.74, 6) is -0.215. The van der Waals surface area contributed by atoms with Crippen LogP contribution in [0.4, 0.5) is 5.82 Å². The minimum atomic E-state index is -0.621. The molecule has 1 heterocycles. The highest BCUT2D eigenvalue weighted by Crippen LogP contribution is 2.25. The highest BCUT2D eigenvalue weighted by Gasteiger charge is 2.21. The number of anilines is 1. The van der Waals surface area contributed by atoms with Crippen molar-refractivity contribution >= 4 is 18.1 Å². The molecule has 114 valence electrons. The summed E-state index contributed by atoms with van der Waals surface area (Å²) in [6.45, 7) is 5.36. The monoisotopic (exact) mass is 299 g/mol. The number of esters is 1. The van der Waals surface area contributed by atoms with Gasteiger partial charge in [0.2, 0.25) is 0 Å². The number of nitrogens with two attached hydrogens (primary N) is 1. The largest absolute Gasteiger partial charge is 0.456 e. The second kappa shape index (κ2) is 5.93. The van der Waals surface area contributed by atoms with Gasteiger partial charge in [0.25, 0.3) is 0 Å². The number of aldehydes is 1. The molecule has 0 unspecified atom stereocenters. The fourth-order valence-electron chi connectivity index (χ4n) is 1.84. The first-order valence-electron chi connectivity index (χ1n) is 6.72. The fraction of sp³-hybridized carbons (Fsp3) is 0.250. The Balaban J connectivity index is 2.52. The van der Waals surface area contributed by atoms with Gasteiger partial charge in [-0.3, -0.25) is 4.79 Å². The molecular formula is C16H17N3O3. The van der Waals surface area contributed by atoms with Crippen molar-refractivity contribution in [2.75, 3.05) is 5.73 Å². The van der Waals surface area contributed by atoms with Gasteiger partial charge in [0.05, 0.1) is 11.3 Å². The number of carbonyl (C=O) groups excluding carboxylic acids is 2. The van der Waals surface area contributed by atoms with E-state index in [9.17, 15) is 9.59 Å². The van der Waals surface area contributed by atoms with Crippen LogP contribution in [0.15, 0.2) is 30.3 Å². The van der Waals surface area contributed by atoms with E-state index >= 15 is 0 Å². The van der Waals surface area contributed by atoms with E-state index in [1.54, 1.807) is 51.1 Å². The van der Waals surface area contributed by atoms with Gasteiger partial charge in [0.1, 0.15) is 17.7 Å². The molecule has 1 aromatic carbocycles. The van der Waals surface area contributed by atoms with Crippen LogP contribution in [0, 0.1) is 0 Å². The maximum absolute atomic E-state index is 12.3. The molecule has 2 aromatic rings. The molecule has 6 heteroatoms. The average Bonchev–Trinajstić information content (AvgIpc) is 2.45. The summed E-state index contributed by atoms with van der Waals surface area (Å²) in [6, 6.07) is 7.90. The third-order valence-corrected chi connectivity index (χ3v) is 2.76. The second-order valence-corrected chi connectivity index (χ2v) is 5.77. The van der Waals surface area contributed by atoms with E-state index in [1.165, 1.54) is 0 Å². The van der Waals surface area contributed by atoms with E-state index in [1.807, 2.05) is 0 Å². The van der Waals surface area contributed by atoms with Crippen LogP contribution < -0.4 is 5.73 Å². The van der Waals surface area contributed by atoms with Crippen LogP contribution in [0.5, 0.6) is 0 Å². The molecule has 0 aliphatic carbocycles. The number of hydrogen-bond acceptors (Lipinski definition) is 6. The van der Waals surface area contributed by atoms with Crippen LogP contribution in [0.25, 0.3) is 11.3 Å². The Morgan fingerprint density at radius 2 is 1.91 bits per heavy atom. The Hall–Kier alpha value is -2.76. The molecule has 1 aromatic heterocycles. The van der Waals surface area contributed by atoms with E-state index in [-0.39, 0.29) is 5.82 Å². The lowest BCUT2D eigenvalue weighted by Gasteiger charge is -2.20. The zero-order chi connectivity index (χ0) is 16.3. The number of aromatic nitrogens is 2. The quantitative estimate of drug-likeness (QED) is 0.691. The van der Waals surface area contributed by atoms with Crippen molar-refractivity contribution in [2.45, 2.75) is 26.4 Å². The van der Waals surface area contributed by atoms with Crippen molar-refractivity contribution < 1.29 is 14.3 Å². The highest BCUT2D eigenvalue weighted by atomic mass is 16.6. The number of rotatable bonds is 3. The summed E-state index contributed by atoms with van der Waals surface area (Å²) in [5.41, 5.74) is 6.57. The van der Waals surface area contributed by atoms with Crippen molar-refractivity contribution in [3.63, 3.8) is 0 Å². The Labute approximate surface area is 128 Å². The molecule has 6 nitrogen and oxygen atoms in total. The minimum absolute atomic E-state index is 0.272. The molecule has 2 N–H and O–H groups in total.